The molecule has 1 aromatic rings. The van der Waals surface area contributed by atoms with Crippen LogP contribution in [0.3, 0.4) is 0 Å². The fourth-order valence-corrected chi connectivity index (χ4v) is 4.19. The fourth-order valence-electron chi connectivity index (χ4n) is 3.00. The lowest BCUT2D eigenvalue weighted by atomic mass is 10.1. The topological polar surface area (TPSA) is 49.4 Å². The fraction of sp³-hybridized carbons (Fsp3) is 0.529. The summed E-state index contributed by atoms with van der Waals surface area (Å²) in [4.78, 5) is 26.6. The zero-order valence-electron chi connectivity index (χ0n) is 12.7. The number of hydrogen-bond acceptors (Lipinski definition) is 4. The van der Waals surface area contributed by atoms with Gasteiger partial charge in [-0.25, -0.2) is 0 Å². The highest BCUT2D eigenvalue weighted by Gasteiger charge is 2.35. The van der Waals surface area contributed by atoms with E-state index in [2.05, 4.69) is 5.32 Å². The summed E-state index contributed by atoms with van der Waals surface area (Å²) < 4.78 is 0. The minimum Gasteiger partial charge on any atom is -0.341 e. The van der Waals surface area contributed by atoms with E-state index in [1.165, 1.54) is 5.56 Å². The molecule has 2 saturated heterocycles. The molecule has 2 atom stereocenters. The highest BCUT2D eigenvalue weighted by atomic mass is 32.2. The zero-order chi connectivity index (χ0) is 15.4. The maximum atomic E-state index is 12.3. The minimum absolute atomic E-state index is 0.170. The van der Waals surface area contributed by atoms with Gasteiger partial charge in [0.1, 0.15) is 5.37 Å². The molecule has 1 aromatic carbocycles. The van der Waals surface area contributed by atoms with Crippen molar-refractivity contribution in [3.05, 3.63) is 35.9 Å². The summed E-state index contributed by atoms with van der Waals surface area (Å²) >= 11 is 1.57. The van der Waals surface area contributed by atoms with Crippen molar-refractivity contribution in [1.29, 1.82) is 0 Å². The molecule has 2 heterocycles. The van der Waals surface area contributed by atoms with Crippen molar-refractivity contribution in [2.24, 2.45) is 0 Å². The molecule has 0 aromatic heterocycles. The third-order valence-electron chi connectivity index (χ3n) is 4.29. The summed E-state index contributed by atoms with van der Waals surface area (Å²) in [5.41, 5.74) is 1.18. The van der Waals surface area contributed by atoms with Gasteiger partial charge in [-0.1, -0.05) is 30.3 Å². The molecule has 0 aliphatic carbocycles. The minimum atomic E-state index is -0.222. The van der Waals surface area contributed by atoms with E-state index in [0.29, 0.717) is 12.2 Å². The molecule has 2 aliphatic rings. The first kappa shape index (κ1) is 15.6. The molecule has 4 nitrogen and oxygen atoms in total. The molecular weight excluding hydrogens is 296 g/mol. The molecule has 118 valence electrons. The average Bonchev–Trinajstić information content (AvgIpc) is 3.24. The summed E-state index contributed by atoms with van der Waals surface area (Å²) in [6.45, 7) is 1.74. The van der Waals surface area contributed by atoms with E-state index in [1.54, 1.807) is 11.8 Å². The molecule has 2 fully saturated rings. The summed E-state index contributed by atoms with van der Waals surface area (Å²) in [6.07, 6.45) is 3.50. The lowest BCUT2D eigenvalue weighted by Gasteiger charge is -2.20. The van der Waals surface area contributed by atoms with E-state index < -0.39 is 0 Å². The van der Waals surface area contributed by atoms with Gasteiger partial charge < -0.3 is 4.90 Å². The van der Waals surface area contributed by atoms with Crippen LogP contribution in [0, 0.1) is 0 Å². The summed E-state index contributed by atoms with van der Waals surface area (Å²) in [5.74, 6) is 1.07. The molecule has 3 rings (SSSR count). The average molecular weight is 318 g/mol. The number of amides is 1. The van der Waals surface area contributed by atoms with E-state index in [-0.39, 0.29) is 23.1 Å². The number of thioether (sulfide) groups is 1. The maximum Gasteiger partial charge on any atom is 0.240 e. The number of carbonyl (C=O) groups is 2. The van der Waals surface area contributed by atoms with Gasteiger partial charge in [0.05, 0.1) is 6.04 Å². The molecule has 1 N–H and O–H groups in total. The largest absolute Gasteiger partial charge is 0.341 e. The lowest BCUT2D eigenvalue weighted by molar-refractivity contribution is -0.131. The van der Waals surface area contributed by atoms with E-state index in [1.807, 2.05) is 35.2 Å². The van der Waals surface area contributed by atoms with Gasteiger partial charge in [-0.15, -0.1) is 11.8 Å². The third-order valence-corrected chi connectivity index (χ3v) is 5.55. The number of nitrogens with zero attached hydrogens (tertiary/aromatic N) is 1. The quantitative estimate of drug-likeness (QED) is 0.900. The molecule has 0 radical (unpaired) electrons. The predicted octanol–water partition coefficient (Wildman–Crippen LogP) is 1.84. The Morgan fingerprint density at radius 1 is 1.18 bits per heavy atom. The number of nitrogens with one attached hydrogen (secondary N) is 1. The number of aryl methyl sites for hydroxylation is 1. The molecule has 22 heavy (non-hydrogen) atoms. The predicted molar refractivity (Wildman–Crippen MR) is 88.8 cm³/mol. The Morgan fingerprint density at radius 2 is 1.91 bits per heavy atom. The smallest absolute Gasteiger partial charge is 0.240 e. The van der Waals surface area contributed by atoms with Crippen LogP contribution in [0.5, 0.6) is 0 Å². The van der Waals surface area contributed by atoms with E-state index in [9.17, 15) is 9.59 Å². The molecule has 0 saturated carbocycles. The van der Waals surface area contributed by atoms with Crippen molar-refractivity contribution in [2.45, 2.75) is 37.1 Å². The van der Waals surface area contributed by atoms with Crippen LogP contribution in [0.4, 0.5) is 0 Å². The number of hydrogen-bond donors (Lipinski definition) is 1. The van der Waals surface area contributed by atoms with Crippen molar-refractivity contribution in [2.75, 3.05) is 18.8 Å². The maximum absolute atomic E-state index is 12.3. The Kier molecular flexibility index (Phi) is 5.16. The summed E-state index contributed by atoms with van der Waals surface area (Å²) in [5, 5.41) is 3.00. The Morgan fingerprint density at radius 3 is 2.64 bits per heavy atom. The number of likely N-dealkylation sites (tertiary alicyclic amines) is 1. The number of carbonyl (C=O) groups excluding carboxylic acids is 2. The van der Waals surface area contributed by atoms with Crippen molar-refractivity contribution in [3.8, 4) is 0 Å². The first-order chi connectivity index (χ1) is 10.7. The highest BCUT2D eigenvalue weighted by Crippen LogP contribution is 2.23. The summed E-state index contributed by atoms with van der Waals surface area (Å²) in [6, 6.07) is 9.87. The van der Waals surface area contributed by atoms with Gasteiger partial charge in [0.2, 0.25) is 5.91 Å². The molecule has 0 spiro atoms. The highest BCUT2D eigenvalue weighted by molar-refractivity contribution is 8.00. The first-order valence-corrected chi connectivity index (χ1v) is 9.02. The van der Waals surface area contributed by atoms with Crippen LogP contribution >= 0.6 is 11.8 Å². The SMILES string of the molecule is O=C(CCc1ccccc1)C1NC(C(=O)N2CCCC2)CS1. The van der Waals surface area contributed by atoms with Crippen LogP contribution in [0.1, 0.15) is 24.8 Å². The number of benzene rings is 1. The number of ketones is 1. The van der Waals surface area contributed by atoms with E-state index >= 15 is 0 Å². The van der Waals surface area contributed by atoms with Gasteiger partial charge in [-0.3, -0.25) is 14.9 Å². The second-order valence-electron chi connectivity index (χ2n) is 5.92. The Labute approximate surface area is 135 Å². The van der Waals surface area contributed by atoms with Gasteiger partial charge in [-0.05, 0) is 24.8 Å². The number of rotatable bonds is 5. The lowest BCUT2D eigenvalue weighted by Crippen LogP contribution is -2.46. The number of Topliss-reactive ketones (excluding diaryl/α,β-unsaturated/α-hetero) is 1. The van der Waals surface area contributed by atoms with Crippen LogP contribution in [0.2, 0.25) is 0 Å². The summed E-state index contributed by atoms with van der Waals surface area (Å²) in [7, 11) is 0. The normalized spacial score (nSPS) is 24.6. The molecule has 5 heteroatoms. The molecule has 2 unspecified atom stereocenters. The van der Waals surface area contributed by atoms with Gasteiger partial charge in [0, 0.05) is 25.3 Å². The second-order valence-corrected chi connectivity index (χ2v) is 7.06. The monoisotopic (exact) mass is 318 g/mol. The van der Waals surface area contributed by atoms with Gasteiger partial charge in [0.25, 0.3) is 0 Å². The Bertz CT molecular complexity index is 529. The van der Waals surface area contributed by atoms with Crippen LogP contribution in [-0.2, 0) is 16.0 Å². The molecular formula is C17H22N2O2S. The van der Waals surface area contributed by atoms with Crippen LogP contribution in [-0.4, -0.2) is 46.8 Å². The van der Waals surface area contributed by atoms with E-state index in [0.717, 1.165) is 32.4 Å². The van der Waals surface area contributed by atoms with Crippen molar-refractivity contribution >= 4 is 23.5 Å². The second kappa shape index (κ2) is 7.29. The standard InChI is InChI=1S/C17H22N2O2S/c20-15(9-8-13-6-2-1-3-7-13)16-18-14(12-22-16)17(21)19-10-4-5-11-19/h1-3,6-7,14,16,18H,4-5,8-12H2. The Balaban J connectivity index is 1.47. The van der Waals surface area contributed by atoms with Crippen molar-refractivity contribution < 1.29 is 9.59 Å². The van der Waals surface area contributed by atoms with Crippen LogP contribution < -0.4 is 5.32 Å². The van der Waals surface area contributed by atoms with Gasteiger partial charge in [0.15, 0.2) is 5.78 Å². The van der Waals surface area contributed by atoms with Gasteiger partial charge >= 0.3 is 0 Å². The Hall–Kier alpha value is -1.33. The first-order valence-electron chi connectivity index (χ1n) is 7.97. The van der Waals surface area contributed by atoms with E-state index in [4.69, 9.17) is 0 Å². The third kappa shape index (κ3) is 3.70. The van der Waals surface area contributed by atoms with Crippen LogP contribution in [0.25, 0.3) is 0 Å². The molecule has 0 bridgehead atoms. The van der Waals surface area contributed by atoms with Crippen molar-refractivity contribution in [3.63, 3.8) is 0 Å². The zero-order valence-corrected chi connectivity index (χ0v) is 13.5. The van der Waals surface area contributed by atoms with Crippen molar-refractivity contribution in [1.82, 2.24) is 10.2 Å². The van der Waals surface area contributed by atoms with Crippen LogP contribution in [0.15, 0.2) is 30.3 Å². The van der Waals surface area contributed by atoms with Gasteiger partial charge in [-0.2, -0.15) is 0 Å². The molecule has 1 amide bonds. The molecule has 2 aliphatic heterocycles.